The monoisotopic (exact) mass is 138 g/mol. The first kappa shape index (κ1) is 5.52. The Balaban J connectivity index is 2.54. The molecule has 0 fully saturated rings. The molecular formula is C4H10Se. The SMILES string of the molecule is CC(C)C[SeH]. The molecule has 0 atom stereocenters. The van der Waals surface area contributed by atoms with E-state index in [4.69, 9.17) is 0 Å². The fraction of sp³-hybridized carbons (Fsp3) is 1.00. The van der Waals surface area contributed by atoms with Crippen molar-refractivity contribution in [2.24, 2.45) is 5.92 Å². The van der Waals surface area contributed by atoms with Gasteiger partial charge in [0.2, 0.25) is 0 Å². The average Bonchev–Trinajstić information content (AvgIpc) is 1.38. The summed E-state index contributed by atoms with van der Waals surface area (Å²) in [6, 6.07) is 0. The quantitative estimate of drug-likeness (QED) is 0.472. The van der Waals surface area contributed by atoms with E-state index >= 15 is 0 Å². The Labute approximate surface area is 41.8 Å². The molecule has 0 aromatic heterocycles. The van der Waals surface area contributed by atoms with Gasteiger partial charge in [-0.1, -0.05) is 0 Å². The summed E-state index contributed by atoms with van der Waals surface area (Å²) in [6.07, 6.45) is 0. The zero-order valence-electron chi connectivity index (χ0n) is 3.73. The van der Waals surface area contributed by atoms with Crippen LogP contribution in [0, 0.1) is 5.92 Å². The van der Waals surface area contributed by atoms with E-state index in [-0.39, 0.29) is 0 Å². The first-order valence-electron chi connectivity index (χ1n) is 1.88. The van der Waals surface area contributed by atoms with Gasteiger partial charge in [-0.15, -0.1) is 0 Å². The van der Waals surface area contributed by atoms with Crippen LogP contribution in [0.4, 0.5) is 0 Å². The zero-order chi connectivity index (χ0) is 4.28. The molecule has 0 amide bonds. The van der Waals surface area contributed by atoms with Gasteiger partial charge < -0.3 is 0 Å². The number of rotatable bonds is 1. The van der Waals surface area contributed by atoms with E-state index in [2.05, 4.69) is 29.9 Å². The van der Waals surface area contributed by atoms with Crippen molar-refractivity contribution in [2.75, 3.05) is 0 Å². The molecule has 0 aromatic carbocycles. The average molecular weight is 137 g/mol. The summed E-state index contributed by atoms with van der Waals surface area (Å²) in [4.78, 5) is 0. The predicted molar refractivity (Wildman–Crippen MR) is 26.8 cm³/mol. The van der Waals surface area contributed by atoms with Gasteiger partial charge in [0.05, 0.1) is 0 Å². The molecule has 0 heterocycles. The Bertz CT molecular complexity index is 17.6. The summed E-state index contributed by atoms with van der Waals surface area (Å²) in [7, 11) is 0. The third-order valence-corrected chi connectivity index (χ3v) is 1.90. The Hall–Kier alpha value is 0.519. The van der Waals surface area contributed by atoms with Crippen molar-refractivity contribution in [3.63, 3.8) is 0 Å². The van der Waals surface area contributed by atoms with Gasteiger partial charge in [-0.05, 0) is 0 Å². The third kappa shape index (κ3) is 4.52. The molecule has 0 aliphatic heterocycles. The van der Waals surface area contributed by atoms with Crippen LogP contribution >= 0.6 is 0 Å². The van der Waals surface area contributed by atoms with E-state index in [9.17, 15) is 0 Å². The van der Waals surface area contributed by atoms with Crippen molar-refractivity contribution in [3.05, 3.63) is 0 Å². The topological polar surface area (TPSA) is 0 Å². The van der Waals surface area contributed by atoms with E-state index in [1.54, 1.807) is 0 Å². The van der Waals surface area contributed by atoms with Gasteiger partial charge in [-0.3, -0.25) is 0 Å². The summed E-state index contributed by atoms with van der Waals surface area (Å²) in [5, 5.41) is 1.24. The second-order valence-corrected chi connectivity index (χ2v) is 2.34. The fourth-order valence-electron chi connectivity index (χ4n) is 0. The molecular weight excluding hydrogens is 127 g/mol. The van der Waals surface area contributed by atoms with Crippen LogP contribution in [-0.2, 0) is 0 Å². The molecule has 0 nitrogen and oxygen atoms in total. The Morgan fingerprint density at radius 2 is 1.80 bits per heavy atom. The maximum atomic E-state index is 2.57. The van der Waals surface area contributed by atoms with Crippen LogP contribution in [0.3, 0.4) is 0 Å². The summed E-state index contributed by atoms with van der Waals surface area (Å²) in [5.41, 5.74) is 0. The van der Waals surface area contributed by atoms with Crippen molar-refractivity contribution < 1.29 is 0 Å². The Kier molecular flexibility index (Phi) is 3.03. The molecule has 0 spiro atoms. The second-order valence-electron chi connectivity index (χ2n) is 1.58. The van der Waals surface area contributed by atoms with Crippen molar-refractivity contribution in [1.29, 1.82) is 0 Å². The molecule has 0 saturated carbocycles. The fourth-order valence-corrected chi connectivity index (χ4v) is 0. The van der Waals surface area contributed by atoms with Gasteiger partial charge in [0.15, 0.2) is 0 Å². The van der Waals surface area contributed by atoms with E-state index in [0.29, 0.717) is 0 Å². The minimum absolute atomic E-state index is 0.856. The van der Waals surface area contributed by atoms with Crippen LogP contribution < -0.4 is 0 Å². The number of hydrogen-bond donors (Lipinski definition) is 0. The van der Waals surface area contributed by atoms with E-state index < -0.39 is 0 Å². The van der Waals surface area contributed by atoms with Crippen LogP contribution in [0.1, 0.15) is 13.8 Å². The summed E-state index contributed by atoms with van der Waals surface area (Å²) in [6.45, 7) is 4.41. The molecule has 5 heavy (non-hydrogen) atoms. The van der Waals surface area contributed by atoms with Gasteiger partial charge in [0.25, 0.3) is 0 Å². The minimum atomic E-state index is 0.856. The molecule has 0 N–H and O–H groups in total. The standard InChI is InChI=1S/C4H10Se/c1-4(2)3-5/h4-5H,3H2,1-2H3. The molecule has 0 radical (unpaired) electrons. The summed E-state index contributed by atoms with van der Waals surface area (Å²) < 4.78 is 0. The molecule has 0 aromatic rings. The predicted octanol–water partition coefficient (Wildman–Crippen LogP) is 0.961. The molecule has 0 rings (SSSR count). The molecule has 0 aliphatic carbocycles. The normalized spacial score (nSPS) is 9.60. The van der Waals surface area contributed by atoms with E-state index in [1.807, 2.05) is 0 Å². The molecule has 0 aliphatic rings. The van der Waals surface area contributed by atoms with Crippen molar-refractivity contribution >= 4 is 16.0 Å². The Morgan fingerprint density at radius 1 is 1.60 bits per heavy atom. The first-order valence-corrected chi connectivity index (χ1v) is 3.21. The summed E-state index contributed by atoms with van der Waals surface area (Å²) in [5.74, 6) is 0.856. The van der Waals surface area contributed by atoms with Gasteiger partial charge in [0.1, 0.15) is 0 Å². The molecule has 0 saturated heterocycles. The van der Waals surface area contributed by atoms with Gasteiger partial charge in [0, 0.05) is 0 Å². The molecule has 32 valence electrons. The van der Waals surface area contributed by atoms with E-state index in [0.717, 1.165) is 5.92 Å². The number of hydrogen-bond acceptors (Lipinski definition) is 0. The van der Waals surface area contributed by atoms with Crippen molar-refractivity contribution in [3.8, 4) is 0 Å². The van der Waals surface area contributed by atoms with Crippen LogP contribution in [0.15, 0.2) is 0 Å². The first-order chi connectivity index (χ1) is 2.27. The van der Waals surface area contributed by atoms with Crippen LogP contribution in [0.2, 0.25) is 5.32 Å². The van der Waals surface area contributed by atoms with Crippen LogP contribution in [0.5, 0.6) is 0 Å². The van der Waals surface area contributed by atoms with Crippen LogP contribution in [-0.4, -0.2) is 16.0 Å². The van der Waals surface area contributed by atoms with Crippen molar-refractivity contribution in [1.82, 2.24) is 0 Å². The van der Waals surface area contributed by atoms with Crippen LogP contribution in [0.25, 0.3) is 0 Å². The van der Waals surface area contributed by atoms with Gasteiger partial charge in [-0.25, -0.2) is 0 Å². The third-order valence-electron chi connectivity index (χ3n) is 0.365. The summed E-state index contributed by atoms with van der Waals surface area (Å²) >= 11 is 2.57. The van der Waals surface area contributed by atoms with Crippen molar-refractivity contribution in [2.45, 2.75) is 19.2 Å². The molecule has 0 bridgehead atoms. The van der Waals surface area contributed by atoms with Gasteiger partial charge in [-0.2, -0.15) is 0 Å². The zero-order valence-corrected chi connectivity index (χ0v) is 5.61. The Morgan fingerprint density at radius 3 is 1.80 bits per heavy atom. The van der Waals surface area contributed by atoms with Gasteiger partial charge >= 0.3 is 41.1 Å². The van der Waals surface area contributed by atoms with E-state index in [1.165, 1.54) is 5.32 Å². The second kappa shape index (κ2) is 2.74. The molecule has 1 heteroatoms. The maximum absolute atomic E-state index is 2.57. The molecule has 0 unspecified atom stereocenters.